The number of carbonyl (C=O) groups is 1. The normalized spacial score (nSPS) is 17.1. The topological polar surface area (TPSA) is 84.2 Å². The van der Waals surface area contributed by atoms with Crippen LogP contribution in [0.1, 0.15) is 40.2 Å². The average Bonchev–Trinajstić information content (AvgIpc) is 3.20. The van der Waals surface area contributed by atoms with Gasteiger partial charge in [0.2, 0.25) is 0 Å². The first-order valence-corrected chi connectivity index (χ1v) is 9.26. The van der Waals surface area contributed by atoms with Crippen LogP contribution in [0.5, 0.6) is 5.75 Å². The lowest BCUT2D eigenvalue weighted by molar-refractivity contribution is 0.132. The summed E-state index contributed by atoms with van der Waals surface area (Å²) in [4.78, 5) is 16.2. The minimum Gasteiger partial charge on any atom is -0.497 e. The molecule has 1 fully saturated rings. The molecule has 2 atom stereocenters. The second kappa shape index (κ2) is 8.38. The summed E-state index contributed by atoms with van der Waals surface area (Å²) in [6, 6.07) is 21.8. The Morgan fingerprint density at radius 3 is 2.60 bits per heavy atom. The first kappa shape index (κ1) is 19.0. The summed E-state index contributed by atoms with van der Waals surface area (Å²) in [5, 5.41) is 11.8. The van der Waals surface area contributed by atoms with Gasteiger partial charge < -0.3 is 14.8 Å². The van der Waals surface area contributed by atoms with Crippen LogP contribution in [0, 0.1) is 23.2 Å². The van der Waals surface area contributed by atoms with Gasteiger partial charge in [0.05, 0.1) is 13.2 Å². The van der Waals surface area contributed by atoms with E-state index in [0.29, 0.717) is 17.1 Å². The predicted octanol–water partition coefficient (Wildman–Crippen LogP) is 3.88. The quantitative estimate of drug-likeness (QED) is 0.681. The Hall–Kier alpha value is -4.29. The Bertz CT molecular complexity index is 1200. The van der Waals surface area contributed by atoms with E-state index in [1.807, 2.05) is 54.6 Å². The number of ether oxygens (including phenoxy) is 2. The fourth-order valence-corrected chi connectivity index (χ4v) is 3.27. The van der Waals surface area contributed by atoms with Crippen LogP contribution in [-0.2, 0) is 4.74 Å². The number of rotatable bonds is 3. The maximum atomic E-state index is 12.0. The van der Waals surface area contributed by atoms with Crippen molar-refractivity contribution in [1.82, 2.24) is 10.3 Å². The number of nitriles is 1. The fourth-order valence-electron chi connectivity index (χ4n) is 3.27. The molecule has 1 N–H and O–H groups in total. The fraction of sp³-hybridized carbons (Fsp3) is 0.125. The van der Waals surface area contributed by atoms with E-state index in [4.69, 9.17) is 14.7 Å². The van der Waals surface area contributed by atoms with Crippen molar-refractivity contribution in [3.63, 3.8) is 0 Å². The van der Waals surface area contributed by atoms with Crippen LogP contribution in [0.25, 0.3) is 0 Å². The zero-order valence-electron chi connectivity index (χ0n) is 16.1. The zero-order valence-corrected chi connectivity index (χ0v) is 16.1. The molecular formula is C24H17N3O3. The molecule has 1 aromatic heterocycles. The van der Waals surface area contributed by atoms with Crippen molar-refractivity contribution < 1.29 is 14.3 Å². The predicted molar refractivity (Wildman–Crippen MR) is 109 cm³/mol. The highest BCUT2D eigenvalue weighted by Crippen LogP contribution is 2.37. The number of hydrogen-bond acceptors (Lipinski definition) is 5. The molecule has 6 nitrogen and oxygen atoms in total. The van der Waals surface area contributed by atoms with E-state index in [1.54, 1.807) is 25.3 Å². The summed E-state index contributed by atoms with van der Waals surface area (Å²) in [7, 11) is 1.60. The second-order valence-electron chi connectivity index (χ2n) is 6.62. The van der Waals surface area contributed by atoms with Gasteiger partial charge in [0, 0.05) is 5.56 Å². The van der Waals surface area contributed by atoms with Gasteiger partial charge in [-0.25, -0.2) is 9.78 Å². The van der Waals surface area contributed by atoms with Crippen LogP contribution in [-0.4, -0.2) is 18.2 Å². The van der Waals surface area contributed by atoms with E-state index in [2.05, 4.69) is 22.1 Å². The largest absolute Gasteiger partial charge is 0.497 e. The molecule has 1 aliphatic heterocycles. The number of carbonyl (C=O) groups excluding carboxylic acids is 1. The lowest BCUT2D eigenvalue weighted by Crippen LogP contribution is -2.19. The lowest BCUT2D eigenvalue weighted by Gasteiger charge is -2.18. The van der Waals surface area contributed by atoms with Crippen LogP contribution in [0.15, 0.2) is 66.7 Å². The zero-order chi connectivity index (χ0) is 20.9. The summed E-state index contributed by atoms with van der Waals surface area (Å²) in [6.07, 6.45) is -0.952. The van der Waals surface area contributed by atoms with Gasteiger partial charge in [-0.2, -0.15) is 5.26 Å². The van der Waals surface area contributed by atoms with Gasteiger partial charge in [-0.3, -0.25) is 0 Å². The maximum Gasteiger partial charge on any atom is 0.408 e. The molecule has 0 bridgehead atoms. The van der Waals surface area contributed by atoms with Crippen LogP contribution in [0.4, 0.5) is 4.79 Å². The standard InChI is InChI=1S/C24H17N3O3/c1-29-21-10-3-7-18(14-21)23-22(27-24(28)30-23)17-6-2-5-16(13-17)11-12-19-8-4-9-20(15-25)26-19/h2-10,13-14,22-23H,1H3,(H,27,28)/t22-,23-/m1/s1. The molecule has 0 aliphatic carbocycles. The van der Waals surface area contributed by atoms with E-state index in [9.17, 15) is 4.79 Å². The molecule has 30 heavy (non-hydrogen) atoms. The van der Waals surface area contributed by atoms with Gasteiger partial charge in [-0.05, 0) is 53.4 Å². The number of benzene rings is 2. The van der Waals surface area contributed by atoms with Crippen LogP contribution >= 0.6 is 0 Å². The number of methoxy groups -OCH3 is 1. The summed E-state index contributed by atoms with van der Waals surface area (Å²) < 4.78 is 10.8. The Balaban J connectivity index is 1.63. The number of hydrogen-bond donors (Lipinski definition) is 1. The molecule has 2 aromatic carbocycles. The van der Waals surface area contributed by atoms with Crippen molar-refractivity contribution in [2.75, 3.05) is 7.11 Å². The number of cyclic esters (lactones) is 1. The minimum absolute atomic E-state index is 0.322. The van der Waals surface area contributed by atoms with E-state index >= 15 is 0 Å². The van der Waals surface area contributed by atoms with Gasteiger partial charge >= 0.3 is 6.09 Å². The summed E-state index contributed by atoms with van der Waals surface area (Å²) >= 11 is 0. The lowest BCUT2D eigenvalue weighted by atomic mass is 9.95. The van der Waals surface area contributed by atoms with Crippen molar-refractivity contribution in [3.8, 4) is 23.7 Å². The molecule has 0 spiro atoms. The molecule has 1 saturated heterocycles. The van der Waals surface area contributed by atoms with E-state index in [1.165, 1.54) is 0 Å². The molecule has 3 aromatic rings. The molecular weight excluding hydrogens is 378 g/mol. The molecule has 0 unspecified atom stereocenters. The summed E-state index contributed by atoms with van der Waals surface area (Å²) in [6.45, 7) is 0. The highest BCUT2D eigenvalue weighted by molar-refractivity contribution is 5.71. The van der Waals surface area contributed by atoms with Crippen molar-refractivity contribution in [3.05, 3.63) is 94.8 Å². The van der Waals surface area contributed by atoms with Gasteiger partial charge in [-0.15, -0.1) is 0 Å². The van der Waals surface area contributed by atoms with Crippen molar-refractivity contribution in [2.24, 2.45) is 0 Å². The number of amides is 1. The molecule has 4 rings (SSSR count). The molecule has 2 heterocycles. The van der Waals surface area contributed by atoms with Gasteiger partial charge in [0.15, 0.2) is 6.10 Å². The number of nitrogens with one attached hydrogen (secondary N) is 1. The highest BCUT2D eigenvalue weighted by Gasteiger charge is 2.36. The third-order valence-electron chi connectivity index (χ3n) is 4.68. The number of aromatic nitrogens is 1. The first-order chi connectivity index (χ1) is 14.7. The Labute approximate surface area is 174 Å². The third-order valence-corrected chi connectivity index (χ3v) is 4.68. The van der Waals surface area contributed by atoms with Gasteiger partial charge in [0.1, 0.15) is 23.2 Å². The summed E-state index contributed by atoms with van der Waals surface area (Å²) in [5.74, 6) is 6.73. The van der Waals surface area contributed by atoms with E-state index in [-0.39, 0.29) is 6.04 Å². The Kier molecular flexibility index (Phi) is 5.32. The molecule has 1 aliphatic rings. The van der Waals surface area contributed by atoms with Crippen LogP contribution in [0.2, 0.25) is 0 Å². The van der Waals surface area contributed by atoms with Crippen molar-refractivity contribution in [1.29, 1.82) is 5.26 Å². The monoisotopic (exact) mass is 395 g/mol. The molecule has 146 valence electrons. The van der Waals surface area contributed by atoms with Crippen molar-refractivity contribution in [2.45, 2.75) is 12.1 Å². The van der Waals surface area contributed by atoms with Gasteiger partial charge in [-0.1, -0.05) is 36.3 Å². The second-order valence-corrected chi connectivity index (χ2v) is 6.62. The SMILES string of the molecule is COc1cccc([C@H]2OC(=O)N[C@@H]2c2cccc(C#Cc3cccc(C#N)n3)c2)c1. The molecule has 0 radical (unpaired) electrons. The minimum atomic E-state index is -0.482. The van der Waals surface area contributed by atoms with Crippen LogP contribution < -0.4 is 10.1 Å². The molecule has 0 saturated carbocycles. The molecule has 6 heteroatoms. The van der Waals surface area contributed by atoms with Crippen molar-refractivity contribution >= 4 is 6.09 Å². The number of nitrogens with zero attached hydrogens (tertiary/aromatic N) is 2. The smallest absolute Gasteiger partial charge is 0.408 e. The average molecular weight is 395 g/mol. The van der Waals surface area contributed by atoms with E-state index < -0.39 is 12.2 Å². The number of pyridine rings is 1. The van der Waals surface area contributed by atoms with E-state index in [0.717, 1.165) is 16.7 Å². The van der Waals surface area contributed by atoms with Crippen LogP contribution in [0.3, 0.4) is 0 Å². The maximum absolute atomic E-state index is 12.0. The van der Waals surface area contributed by atoms with Gasteiger partial charge in [0.25, 0.3) is 0 Å². The highest BCUT2D eigenvalue weighted by atomic mass is 16.6. The number of alkyl carbamates (subject to hydrolysis) is 1. The Morgan fingerprint density at radius 1 is 1.00 bits per heavy atom. The summed E-state index contributed by atoms with van der Waals surface area (Å²) in [5.41, 5.74) is 3.32. The Morgan fingerprint density at radius 2 is 1.77 bits per heavy atom. The first-order valence-electron chi connectivity index (χ1n) is 9.26. The third kappa shape index (κ3) is 4.09. The molecule has 1 amide bonds.